The largest absolute Gasteiger partial charge is 0.383 e. The number of carbonyl (C=O) groups is 1. The first-order chi connectivity index (χ1) is 9.22. The Morgan fingerprint density at radius 3 is 2.47 bits per heavy atom. The van der Waals surface area contributed by atoms with E-state index in [0.717, 1.165) is 31.9 Å². The van der Waals surface area contributed by atoms with Crippen molar-refractivity contribution in [3.63, 3.8) is 0 Å². The van der Waals surface area contributed by atoms with Gasteiger partial charge in [0, 0.05) is 25.6 Å². The molecule has 0 aromatic carbocycles. The van der Waals surface area contributed by atoms with Gasteiger partial charge in [-0.2, -0.15) is 0 Å². The highest BCUT2D eigenvalue weighted by Gasteiger charge is 2.33. The molecular weight excluding hydrogens is 238 g/mol. The Kier molecular flexibility index (Phi) is 5.83. The predicted molar refractivity (Wildman–Crippen MR) is 77.2 cm³/mol. The molecule has 2 fully saturated rings. The summed E-state index contributed by atoms with van der Waals surface area (Å²) in [7, 11) is 1.74. The second-order valence-electron chi connectivity index (χ2n) is 6.34. The van der Waals surface area contributed by atoms with Crippen molar-refractivity contribution in [1.82, 2.24) is 4.90 Å². The third-order valence-corrected chi connectivity index (χ3v) is 4.88. The van der Waals surface area contributed by atoms with E-state index in [0.29, 0.717) is 24.3 Å². The van der Waals surface area contributed by atoms with Crippen LogP contribution in [0.2, 0.25) is 0 Å². The maximum Gasteiger partial charge on any atom is 0.149 e. The summed E-state index contributed by atoms with van der Waals surface area (Å²) in [5.41, 5.74) is 0. The van der Waals surface area contributed by atoms with E-state index in [-0.39, 0.29) is 0 Å². The molecule has 2 saturated carbocycles. The van der Waals surface area contributed by atoms with E-state index in [9.17, 15) is 4.79 Å². The van der Waals surface area contributed by atoms with Gasteiger partial charge in [0.05, 0.1) is 13.2 Å². The Balaban J connectivity index is 1.84. The number of methoxy groups -OCH3 is 1. The van der Waals surface area contributed by atoms with Crippen LogP contribution in [0.4, 0.5) is 0 Å². The number of rotatable bonds is 8. The van der Waals surface area contributed by atoms with Gasteiger partial charge in [-0.1, -0.05) is 19.3 Å². The van der Waals surface area contributed by atoms with E-state index in [1.807, 2.05) is 0 Å². The van der Waals surface area contributed by atoms with E-state index in [1.165, 1.54) is 32.1 Å². The minimum Gasteiger partial charge on any atom is -0.383 e. The van der Waals surface area contributed by atoms with Crippen LogP contribution in [0.25, 0.3) is 0 Å². The van der Waals surface area contributed by atoms with E-state index < -0.39 is 0 Å². The van der Waals surface area contributed by atoms with E-state index in [2.05, 4.69) is 11.8 Å². The van der Waals surface area contributed by atoms with Gasteiger partial charge in [0.1, 0.15) is 5.78 Å². The number of carbonyl (C=O) groups excluding carboxylic acids is 1. The normalized spacial score (nSPS) is 22.7. The highest BCUT2D eigenvalue weighted by Crippen LogP contribution is 2.35. The Hall–Kier alpha value is -0.410. The maximum absolute atomic E-state index is 12.4. The topological polar surface area (TPSA) is 29.5 Å². The smallest absolute Gasteiger partial charge is 0.149 e. The highest BCUT2D eigenvalue weighted by atomic mass is 16.5. The molecule has 2 rings (SSSR count). The summed E-state index contributed by atoms with van der Waals surface area (Å²) >= 11 is 0. The molecule has 3 heteroatoms. The third kappa shape index (κ3) is 4.57. The lowest BCUT2D eigenvalue weighted by molar-refractivity contribution is -0.125. The molecular formula is C16H29NO2. The standard InChI is InChI=1S/C16H29NO2/c1-13(14-8-9-14)17(10-11-19-2)12-16(18)15-6-4-3-5-7-15/h13-15H,3-12H2,1-2H3. The van der Waals surface area contributed by atoms with Gasteiger partial charge in [-0.05, 0) is 38.5 Å². The lowest BCUT2D eigenvalue weighted by Crippen LogP contribution is -2.42. The molecule has 0 aliphatic heterocycles. The summed E-state index contributed by atoms with van der Waals surface area (Å²) in [6.07, 6.45) is 8.71. The van der Waals surface area contributed by atoms with E-state index >= 15 is 0 Å². The summed E-state index contributed by atoms with van der Waals surface area (Å²) in [5.74, 6) is 1.63. The minimum atomic E-state index is 0.338. The van der Waals surface area contributed by atoms with Crippen molar-refractivity contribution in [2.75, 3.05) is 26.8 Å². The number of Topliss-reactive ketones (excluding diaryl/α,β-unsaturated/α-hetero) is 1. The molecule has 19 heavy (non-hydrogen) atoms. The van der Waals surface area contributed by atoms with Crippen LogP contribution in [0.1, 0.15) is 51.9 Å². The van der Waals surface area contributed by atoms with Crippen LogP contribution in [-0.2, 0) is 9.53 Å². The molecule has 0 aromatic rings. The number of hydrogen-bond donors (Lipinski definition) is 0. The van der Waals surface area contributed by atoms with Crippen molar-refractivity contribution in [2.45, 2.75) is 57.9 Å². The van der Waals surface area contributed by atoms with Crippen LogP contribution < -0.4 is 0 Å². The molecule has 2 aliphatic carbocycles. The summed E-state index contributed by atoms with van der Waals surface area (Å²) in [6.45, 7) is 4.55. The summed E-state index contributed by atoms with van der Waals surface area (Å²) in [6, 6.07) is 0.544. The molecule has 0 N–H and O–H groups in total. The van der Waals surface area contributed by atoms with Crippen molar-refractivity contribution in [1.29, 1.82) is 0 Å². The zero-order chi connectivity index (χ0) is 13.7. The van der Waals surface area contributed by atoms with Gasteiger partial charge >= 0.3 is 0 Å². The second kappa shape index (κ2) is 7.39. The number of nitrogens with zero attached hydrogens (tertiary/aromatic N) is 1. The van der Waals surface area contributed by atoms with Gasteiger partial charge in [-0.25, -0.2) is 0 Å². The fourth-order valence-electron chi connectivity index (χ4n) is 3.27. The van der Waals surface area contributed by atoms with E-state index in [4.69, 9.17) is 4.74 Å². The average Bonchev–Trinajstić information content (AvgIpc) is 3.28. The first kappa shape index (κ1) is 15.0. The lowest BCUT2D eigenvalue weighted by atomic mass is 9.86. The average molecular weight is 267 g/mol. The molecule has 0 aromatic heterocycles. The summed E-state index contributed by atoms with van der Waals surface area (Å²) in [5, 5.41) is 0. The second-order valence-corrected chi connectivity index (χ2v) is 6.34. The molecule has 0 saturated heterocycles. The molecule has 3 nitrogen and oxygen atoms in total. The molecule has 0 spiro atoms. The molecule has 1 unspecified atom stereocenters. The van der Waals surface area contributed by atoms with Crippen LogP contribution in [-0.4, -0.2) is 43.5 Å². The van der Waals surface area contributed by atoms with Crippen LogP contribution in [0.5, 0.6) is 0 Å². The fraction of sp³-hybridized carbons (Fsp3) is 0.938. The monoisotopic (exact) mass is 267 g/mol. The molecule has 0 radical (unpaired) electrons. The van der Waals surface area contributed by atoms with Gasteiger partial charge in [-0.3, -0.25) is 9.69 Å². The van der Waals surface area contributed by atoms with Crippen molar-refractivity contribution in [3.05, 3.63) is 0 Å². The van der Waals surface area contributed by atoms with Crippen molar-refractivity contribution in [3.8, 4) is 0 Å². The number of ether oxygens (including phenoxy) is 1. The van der Waals surface area contributed by atoms with Gasteiger partial charge in [0.15, 0.2) is 0 Å². The zero-order valence-electron chi connectivity index (χ0n) is 12.6. The Labute approximate surface area is 117 Å². The molecule has 1 atom stereocenters. The van der Waals surface area contributed by atoms with Crippen LogP contribution in [0.15, 0.2) is 0 Å². The van der Waals surface area contributed by atoms with Gasteiger partial charge in [0.25, 0.3) is 0 Å². The Bertz CT molecular complexity index is 282. The van der Waals surface area contributed by atoms with Gasteiger partial charge in [0.2, 0.25) is 0 Å². The van der Waals surface area contributed by atoms with Gasteiger partial charge in [-0.15, -0.1) is 0 Å². The minimum absolute atomic E-state index is 0.338. The molecule has 0 heterocycles. The summed E-state index contributed by atoms with van der Waals surface area (Å²) in [4.78, 5) is 14.8. The van der Waals surface area contributed by atoms with Crippen LogP contribution in [0.3, 0.4) is 0 Å². The molecule has 0 bridgehead atoms. The quantitative estimate of drug-likeness (QED) is 0.677. The summed E-state index contributed by atoms with van der Waals surface area (Å²) < 4.78 is 5.20. The molecule has 110 valence electrons. The molecule has 2 aliphatic rings. The first-order valence-corrected chi connectivity index (χ1v) is 7.98. The predicted octanol–water partition coefficient (Wildman–Crippen LogP) is 2.88. The first-order valence-electron chi connectivity index (χ1n) is 7.98. The number of hydrogen-bond acceptors (Lipinski definition) is 3. The third-order valence-electron chi connectivity index (χ3n) is 4.88. The van der Waals surface area contributed by atoms with E-state index in [1.54, 1.807) is 7.11 Å². The van der Waals surface area contributed by atoms with Crippen LogP contribution in [0, 0.1) is 11.8 Å². The van der Waals surface area contributed by atoms with Crippen LogP contribution >= 0.6 is 0 Å². The lowest BCUT2D eigenvalue weighted by Gasteiger charge is -2.30. The van der Waals surface area contributed by atoms with Gasteiger partial charge < -0.3 is 4.74 Å². The van der Waals surface area contributed by atoms with Crippen molar-refractivity contribution < 1.29 is 9.53 Å². The maximum atomic E-state index is 12.4. The van der Waals surface area contributed by atoms with Crippen molar-refractivity contribution in [2.24, 2.45) is 11.8 Å². The highest BCUT2D eigenvalue weighted by molar-refractivity contribution is 5.83. The Morgan fingerprint density at radius 1 is 1.21 bits per heavy atom. The Morgan fingerprint density at radius 2 is 1.89 bits per heavy atom. The number of ketones is 1. The zero-order valence-corrected chi connectivity index (χ0v) is 12.6. The SMILES string of the molecule is COCCN(CC(=O)C1CCCCC1)C(C)C1CC1. The van der Waals surface area contributed by atoms with Crippen molar-refractivity contribution >= 4 is 5.78 Å². The molecule has 0 amide bonds. The fourth-order valence-corrected chi connectivity index (χ4v) is 3.27.